The number of para-hydroxylation sites is 1. The van der Waals surface area contributed by atoms with Gasteiger partial charge in [-0.2, -0.15) is 0 Å². The van der Waals surface area contributed by atoms with E-state index in [2.05, 4.69) is 48.5 Å². The van der Waals surface area contributed by atoms with Gasteiger partial charge in [-0.1, -0.05) is 57.2 Å². The van der Waals surface area contributed by atoms with Crippen LogP contribution in [0.2, 0.25) is 0 Å². The summed E-state index contributed by atoms with van der Waals surface area (Å²) in [6, 6.07) is 7.83. The van der Waals surface area contributed by atoms with Crippen molar-refractivity contribution in [3.8, 4) is 0 Å². The van der Waals surface area contributed by atoms with E-state index in [4.69, 9.17) is 0 Å². The molecule has 0 atom stereocenters. The lowest BCUT2D eigenvalue weighted by Gasteiger charge is -2.12. The maximum Gasteiger partial charge on any atom is 0.243 e. The van der Waals surface area contributed by atoms with E-state index < -0.39 is 0 Å². The zero-order valence-electron chi connectivity index (χ0n) is 13.4. The zero-order chi connectivity index (χ0) is 16.2. The molecule has 1 heterocycles. The Morgan fingerprint density at radius 2 is 1.95 bits per heavy atom. The van der Waals surface area contributed by atoms with Crippen LogP contribution in [0.5, 0.6) is 0 Å². The molecule has 0 bridgehead atoms. The van der Waals surface area contributed by atoms with E-state index in [1.165, 1.54) is 11.3 Å². The van der Waals surface area contributed by atoms with Crippen LogP contribution in [0, 0.1) is 0 Å². The van der Waals surface area contributed by atoms with Gasteiger partial charge < -0.3 is 10.6 Å². The van der Waals surface area contributed by atoms with Crippen LogP contribution in [-0.2, 0) is 16.6 Å². The standard InChI is InChI=1S/C16H22N4OS/c1-5-11-8-6-7-9-12(11)18-13(21)10-17-15-20-19-14(22-15)16(2,3)4/h6-9H,5,10H2,1-4H3,(H,17,20)(H,18,21). The number of benzene rings is 1. The zero-order valence-corrected chi connectivity index (χ0v) is 14.3. The summed E-state index contributed by atoms with van der Waals surface area (Å²) in [5, 5.41) is 15.8. The van der Waals surface area contributed by atoms with Crippen molar-refractivity contribution >= 4 is 28.1 Å². The molecule has 0 unspecified atom stereocenters. The van der Waals surface area contributed by atoms with Crippen molar-refractivity contribution in [1.82, 2.24) is 10.2 Å². The Labute approximate surface area is 135 Å². The van der Waals surface area contributed by atoms with Crippen LogP contribution in [-0.4, -0.2) is 22.6 Å². The Balaban J connectivity index is 1.92. The topological polar surface area (TPSA) is 66.9 Å². The van der Waals surface area contributed by atoms with E-state index in [9.17, 15) is 4.79 Å². The molecule has 2 N–H and O–H groups in total. The van der Waals surface area contributed by atoms with E-state index in [0.29, 0.717) is 5.13 Å². The van der Waals surface area contributed by atoms with Crippen molar-refractivity contribution in [2.75, 3.05) is 17.2 Å². The normalized spacial score (nSPS) is 11.3. The third-order valence-corrected chi connectivity index (χ3v) is 4.45. The summed E-state index contributed by atoms with van der Waals surface area (Å²) in [5.41, 5.74) is 1.96. The minimum atomic E-state index is -0.0894. The van der Waals surface area contributed by atoms with Crippen LogP contribution in [0.1, 0.15) is 38.3 Å². The fraction of sp³-hybridized carbons (Fsp3) is 0.438. The molecule has 2 aromatic rings. The Bertz CT molecular complexity index is 646. The fourth-order valence-corrected chi connectivity index (χ4v) is 2.70. The molecule has 1 amide bonds. The number of rotatable bonds is 5. The summed E-state index contributed by atoms with van der Waals surface area (Å²) < 4.78 is 0. The highest BCUT2D eigenvalue weighted by Crippen LogP contribution is 2.27. The summed E-state index contributed by atoms with van der Waals surface area (Å²) in [5.74, 6) is -0.0894. The Kier molecular flexibility index (Phi) is 5.13. The highest BCUT2D eigenvalue weighted by atomic mass is 32.1. The number of amides is 1. The van der Waals surface area contributed by atoms with Crippen molar-refractivity contribution in [1.29, 1.82) is 0 Å². The van der Waals surface area contributed by atoms with Crippen LogP contribution >= 0.6 is 11.3 Å². The quantitative estimate of drug-likeness (QED) is 0.886. The highest BCUT2D eigenvalue weighted by Gasteiger charge is 2.19. The van der Waals surface area contributed by atoms with Gasteiger partial charge in [-0.15, -0.1) is 10.2 Å². The summed E-state index contributed by atoms with van der Waals surface area (Å²) in [4.78, 5) is 12.0. The summed E-state index contributed by atoms with van der Waals surface area (Å²) in [6.45, 7) is 8.51. The first-order chi connectivity index (χ1) is 10.4. The molecule has 0 fully saturated rings. The number of carbonyl (C=O) groups is 1. The minimum absolute atomic E-state index is 0.0279. The number of aromatic nitrogens is 2. The molecule has 2 rings (SSSR count). The van der Waals surface area contributed by atoms with Gasteiger partial charge >= 0.3 is 0 Å². The first-order valence-electron chi connectivity index (χ1n) is 7.35. The van der Waals surface area contributed by atoms with Crippen molar-refractivity contribution in [3.05, 3.63) is 34.8 Å². The van der Waals surface area contributed by atoms with Crippen LogP contribution in [0.4, 0.5) is 10.8 Å². The summed E-state index contributed by atoms with van der Waals surface area (Å²) in [6.07, 6.45) is 0.884. The van der Waals surface area contributed by atoms with Crippen LogP contribution < -0.4 is 10.6 Å². The molecule has 0 aliphatic carbocycles. The van der Waals surface area contributed by atoms with Crippen LogP contribution in [0.3, 0.4) is 0 Å². The van der Waals surface area contributed by atoms with E-state index >= 15 is 0 Å². The average molecular weight is 318 g/mol. The lowest BCUT2D eigenvalue weighted by Crippen LogP contribution is -2.22. The molecule has 1 aromatic heterocycles. The molecule has 0 aliphatic rings. The number of hydrogen-bond donors (Lipinski definition) is 2. The van der Waals surface area contributed by atoms with Gasteiger partial charge in [-0.05, 0) is 18.1 Å². The second kappa shape index (κ2) is 6.87. The average Bonchev–Trinajstić information content (AvgIpc) is 2.95. The predicted molar refractivity (Wildman–Crippen MR) is 91.5 cm³/mol. The summed E-state index contributed by atoms with van der Waals surface area (Å²) >= 11 is 1.48. The molecular formula is C16H22N4OS. The van der Waals surface area contributed by atoms with Gasteiger partial charge in [0.2, 0.25) is 11.0 Å². The van der Waals surface area contributed by atoms with Crippen molar-refractivity contribution in [2.45, 2.75) is 39.5 Å². The minimum Gasteiger partial charge on any atom is -0.351 e. The smallest absolute Gasteiger partial charge is 0.243 e. The van der Waals surface area contributed by atoms with Gasteiger partial charge in [0.15, 0.2) is 0 Å². The van der Waals surface area contributed by atoms with Crippen molar-refractivity contribution in [2.24, 2.45) is 0 Å². The van der Waals surface area contributed by atoms with Gasteiger partial charge in [0.1, 0.15) is 5.01 Å². The maximum atomic E-state index is 12.0. The van der Waals surface area contributed by atoms with E-state index in [1.807, 2.05) is 24.3 Å². The number of carbonyl (C=O) groups excluding carboxylic acids is 1. The summed E-state index contributed by atoms with van der Waals surface area (Å²) in [7, 11) is 0. The lowest BCUT2D eigenvalue weighted by atomic mass is 9.98. The predicted octanol–water partition coefficient (Wildman–Crippen LogP) is 3.45. The van der Waals surface area contributed by atoms with Gasteiger partial charge in [0, 0.05) is 11.1 Å². The molecule has 1 aromatic carbocycles. The molecule has 0 saturated carbocycles. The van der Waals surface area contributed by atoms with Gasteiger partial charge in [-0.25, -0.2) is 0 Å². The third kappa shape index (κ3) is 4.27. The number of nitrogens with zero attached hydrogens (tertiary/aromatic N) is 2. The molecule has 22 heavy (non-hydrogen) atoms. The van der Waals surface area contributed by atoms with Crippen molar-refractivity contribution in [3.63, 3.8) is 0 Å². The Hall–Kier alpha value is -1.95. The number of nitrogens with one attached hydrogen (secondary N) is 2. The largest absolute Gasteiger partial charge is 0.351 e. The molecule has 0 radical (unpaired) electrons. The number of anilines is 2. The fourth-order valence-electron chi connectivity index (χ4n) is 1.90. The third-order valence-electron chi connectivity index (χ3n) is 3.14. The first-order valence-corrected chi connectivity index (χ1v) is 8.17. The molecule has 118 valence electrons. The SMILES string of the molecule is CCc1ccccc1NC(=O)CNc1nnc(C(C)(C)C)s1. The van der Waals surface area contributed by atoms with Crippen LogP contribution in [0.25, 0.3) is 0 Å². The highest BCUT2D eigenvalue weighted by molar-refractivity contribution is 7.15. The maximum absolute atomic E-state index is 12.0. The van der Waals surface area contributed by atoms with Gasteiger partial charge in [0.05, 0.1) is 6.54 Å². The van der Waals surface area contributed by atoms with E-state index in [0.717, 1.165) is 22.7 Å². The van der Waals surface area contributed by atoms with Crippen LogP contribution in [0.15, 0.2) is 24.3 Å². The molecular weight excluding hydrogens is 296 g/mol. The first kappa shape index (κ1) is 16.4. The lowest BCUT2D eigenvalue weighted by molar-refractivity contribution is -0.114. The molecule has 0 spiro atoms. The molecule has 0 aliphatic heterocycles. The molecule has 5 nitrogen and oxygen atoms in total. The second-order valence-corrected chi connectivity index (χ2v) is 7.05. The van der Waals surface area contributed by atoms with Crippen molar-refractivity contribution < 1.29 is 4.79 Å². The van der Waals surface area contributed by atoms with E-state index in [1.54, 1.807) is 0 Å². The van der Waals surface area contributed by atoms with Gasteiger partial charge in [0.25, 0.3) is 0 Å². The Morgan fingerprint density at radius 3 is 2.59 bits per heavy atom. The monoisotopic (exact) mass is 318 g/mol. The number of aryl methyl sites for hydroxylation is 1. The second-order valence-electron chi connectivity index (χ2n) is 6.07. The number of hydrogen-bond acceptors (Lipinski definition) is 5. The Morgan fingerprint density at radius 1 is 1.23 bits per heavy atom. The molecule has 0 saturated heterocycles. The van der Waals surface area contributed by atoms with E-state index in [-0.39, 0.29) is 17.9 Å². The molecule has 6 heteroatoms. The van der Waals surface area contributed by atoms with Gasteiger partial charge in [-0.3, -0.25) is 4.79 Å².